The zero-order valence-corrected chi connectivity index (χ0v) is 14.2. The van der Waals surface area contributed by atoms with E-state index < -0.39 is 5.97 Å². The molecule has 0 aromatic carbocycles. The van der Waals surface area contributed by atoms with Gasteiger partial charge in [0.1, 0.15) is 5.76 Å². The summed E-state index contributed by atoms with van der Waals surface area (Å²) in [5.74, 6) is -0.510. The Labute approximate surface area is 146 Å². The van der Waals surface area contributed by atoms with Crippen molar-refractivity contribution in [3.8, 4) is 0 Å². The minimum atomic E-state index is -0.835. The van der Waals surface area contributed by atoms with Crippen molar-refractivity contribution in [1.82, 2.24) is 9.80 Å². The first-order valence-electron chi connectivity index (χ1n) is 8.87. The number of nitrogens with zero attached hydrogens (tertiary/aromatic N) is 2. The van der Waals surface area contributed by atoms with E-state index in [-0.39, 0.29) is 36.6 Å². The van der Waals surface area contributed by atoms with Crippen LogP contribution in [0.5, 0.6) is 0 Å². The molecule has 2 aliphatic rings. The highest BCUT2D eigenvalue weighted by Crippen LogP contribution is 2.27. The summed E-state index contributed by atoms with van der Waals surface area (Å²) >= 11 is 0. The van der Waals surface area contributed by atoms with E-state index >= 15 is 0 Å². The highest BCUT2D eigenvalue weighted by atomic mass is 16.4. The van der Waals surface area contributed by atoms with E-state index in [1.54, 1.807) is 17.2 Å². The first-order valence-corrected chi connectivity index (χ1v) is 8.87. The highest BCUT2D eigenvalue weighted by Gasteiger charge is 2.39. The van der Waals surface area contributed by atoms with Gasteiger partial charge in [0.05, 0.1) is 18.7 Å². The van der Waals surface area contributed by atoms with Gasteiger partial charge >= 0.3 is 5.97 Å². The molecular weight excluding hydrogens is 324 g/mol. The SMILES string of the molecule is O=C(O)CC[C@H]1CCCCN1C(=O)[C@@H]1CC(=O)N(Cc2ccco2)C1. The van der Waals surface area contributed by atoms with E-state index in [1.807, 2.05) is 11.0 Å². The lowest BCUT2D eigenvalue weighted by atomic mass is 9.95. The molecule has 3 rings (SSSR count). The van der Waals surface area contributed by atoms with Gasteiger partial charge in [-0.2, -0.15) is 0 Å². The van der Waals surface area contributed by atoms with Crippen molar-refractivity contribution in [2.45, 2.75) is 51.1 Å². The van der Waals surface area contributed by atoms with Crippen molar-refractivity contribution in [2.75, 3.05) is 13.1 Å². The summed E-state index contributed by atoms with van der Waals surface area (Å²) in [7, 11) is 0. The van der Waals surface area contributed by atoms with E-state index in [4.69, 9.17) is 9.52 Å². The first-order chi connectivity index (χ1) is 12.0. The van der Waals surface area contributed by atoms with Gasteiger partial charge in [0.25, 0.3) is 0 Å². The summed E-state index contributed by atoms with van der Waals surface area (Å²) in [6, 6.07) is 3.57. The standard InChI is InChI=1S/C18H24N2O5/c21-16-10-13(11-19(16)12-15-5-3-9-25-15)18(24)20-8-2-1-4-14(20)6-7-17(22)23/h3,5,9,13-14H,1-2,4,6-8,10-12H2,(H,22,23)/t13-,14-/m1/s1. The number of hydrogen-bond donors (Lipinski definition) is 1. The number of hydrogen-bond acceptors (Lipinski definition) is 4. The third-order valence-corrected chi connectivity index (χ3v) is 5.09. The second kappa shape index (κ2) is 7.72. The van der Waals surface area contributed by atoms with Crippen molar-refractivity contribution in [3.63, 3.8) is 0 Å². The van der Waals surface area contributed by atoms with Gasteiger partial charge in [0.15, 0.2) is 0 Å². The first kappa shape index (κ1) is 17.5. The second-order valence-electron chi connectivity index (χ2n) is 6.87. The maximum atomic E-state index is 12.9. The molecule has 2 amide bonds. The summed E-state index contributed by atoms with van der Waals surface area (Å²) in [6.45, 7) is 1.45. The molecule has 7 heteroatoms. The lowest BCUT2D eigenvalue weighted by Crippen LogP contribution is -2.47. The fourth-order valence-electron chi connectivity index (χ4n) is 3.80. The zero-order valence-electron chi connectivity index (χ0n) is 14.2. The van der Waals surface area contributed by atoms with E-state index in [2.05, 4.69) is 0 Å². The maximum absolute atomic E-state index is 12.9. The summed E-state index contributed by atoms with van der Waals surface area (Å²) < 4.78 is 5.28. The van der Waals surface area contributed by atoms with Crippen LogP contribution in [0.4, 0.5) is 0 Å². The molecule has 1 aromatic heterocycles. The van der Waals surface area contributed by atoms with E-state index in [1.165, 1.54) is 0 Å². The molecule has 1 N–H and O–H groups in total. The highest BCUT2D eigenvalue weighted by molar-refractivity contribution is 5.89. The smallest absolute Gasteiger partial charge is 0.303 e. The summed E-state index contributed by atoms with van der Waals surface area (Å²) in [5.41, 5.74) is 0. The van der Waals surface area contributed by atoms with E-state index in [0.29, 0.717) is 31.8 Å². The van der Waals surface area contributed by atoms with Crippen LogP contribution in [0.1, 0.15) is 44.3 Å². The average molecular weight is 348 g/mol. The van der Waals surface area contributed by atoms with Crippen molar-refractivity contribution in [2.24, 2.45) is 5.92 Å². The minimum Gasteiger partial charge on any atom is -0.481 e. The summed E-state index contributed by atoms with van der Waals surface area (Å²) in [6.07, 6.45) is 5.14. The Morgan fingerprint density at radius 3 is 2.88 bits per heavy atom. The number of carboxylic acid groups (broad SMARTS) is 1. The largest absolute Gasteiger partial charge is 0.481 e. The molecule has 0 aliphatic carbocycles. The van der Waals surface area contributed by atoms with Crippen molar-refractivity contribution >= 4 is 17.8 Å². The van der Waals surface area contributed by atoms with Gasteiger partial charge in [0.2, 0.25) is 11.8 Å². The molecule has 0 radical (unpaired) electrons. The number of carboxylic acids is 1. The van der Waals surface area contributed by atoms with Crippen LogP contribution in [0.2, 0.25) is 0 Å². The van der Waals surface area contributed by atoms with Gasteiger partial charge < -0.3 is 19.3 Å². The third-order valence-electron chi connectivity index (χ3n) is 5.09. The molecule has 0 bridgehead atoms. The molecule has 7 nitrogen and oxygen atoms in total. The Kier molecular flexibility index (Phi) is 5.40. The predicted octanol–water partition coefficient (Wildman–Crippen LogP) is 1.87. The van der Waals surface area contributed by atoms with E-state index in [9.17, 15) is 14.4 Å². The molecule has 25 heavy (non-hydrogen) atoms. The fraction of sp³-hybridized carbons (Fsp3) is 0.611. The molecule has 3 heterocycles. The minimum absolute atomic E-state index is 0.00890. The molecule has 2 aliphatic heterocycles. The van der Waals surface area contributed by atoms with Crippen molar-refractivity contribution in [3.05, 3.63) is 24.2 Å². The second-order valence-corrected chi connectivity index (χ2v) is 6.87. The molecule has 0 saturated carbocycles. The molecule has 136 valence electrons. The molecule has 1 aromatic rings. The average Bonchev–Trinajstić information content (AvgIpc) is 3.23. The summed E-state index contributed by atoms with van der Waals surface area (Å²) in [5, 5.41) is 8.91. The maximum Gasteiger partial charge on any atom is 0.303 e. The van der Waals surface area contributed by atoms with Crippen molar-refractivity contribution in [1.29, 1.82) is 0 Å². The molecule has 0 spiro atoms. The number of rotatable bonds is 6. The topological polar surface area (TPSA) is 91.1 Å². The Hall–Kier alpha value is -2.31. The van der Waals surface area contributed by atoms with Gasteiger partial charge in [0, 0.05) is 32.0 Å². The van der Waals surface area contributed by atoms with Crippen LogP contribution in [-0.4, -0.2) is 51.8 Å². The monoisotopic (exact) mass is 348 g/mol. The van der Waals surface area contributed by atoms with Crippen LogP contribution in [0.3, 0.4) is 0 Å². The number of amides is 2. The normalized spacial score (nSPS) is 23.9. The molecular formula is C18H24N2O5. The van der Waals surface area contributed by atoms with Gasteiger partial charge in [-0.05, 0) is 37.8 Å². The Bertz CT molecular complexity index is 627. The van der Waals surface area contributed by atoms with Crippen LogP contribution in [0, 0.1) is 5.92 Å². The van der Waals surface area contributed by atoms with Crippen LogP contribution in [0.15, 0.2) is 22.8 Å². The van der Waals surface area contributed by atoms with Crippen LogP contribution in [0.25, 0.3) is 0 Å². The number of piperidine rings is 1. The van der Waals surface area contributed by atoms with Crippen LogP contribution in [-0.2, 0) is 20.9 Å². The Morgan fingerprint density at radius 2 is 2.16 bits per heavy atom. The van der Waals surface area contributed by atoms with Crippen molar-refractivity contribution < 1.29 is 23.9 Å². The van der Waals surface area contributed by atoms with Crippen LogP contribution >= 0.6 is 0 Å². The van der Waals surface area contributed by atoms with Crippen LogP contribution < -0.4 is 0 Å². The van der Waals surface area contributed by atoms with Gasteiger partial charge in [-0.25, -0.2) is 0 Å². The number of furan rings is 1. The Balaban J connectivity index is 1.61. The quantitative estimate of drug-likeness (QED) is 0.847. The zero-order chi connectivity index (χ0) is 17.8. The number of carbonyl (C=O) groups is 3. The van der Waals surface area contributed by atoms with Gasteiger partial charge in [-0.3, -0.25) is 14.4 Å². The summed E-state index contributed by atoms with van der Waals surface area (Å²) in [4.78, 5) is 39.5. The molecule has 0 unspecified atom stereocenters. The Morgan fingerprint density at radius 1 is 1.32 bits per heavy atom. The van der Waals surface area contributed by atoms with Gasteiger partial charge in [-0.1, -0.05) is 0 Å². The third kappa shape index (κ3) is 4.21. The molecule has 2 saturated heterocycles. The molecule has 2 fully saturated rings. The van der Waals surface area contributed by atoms with Gasteiger partial charge in [-0.15, -0.1) is 0 Å². The number of aliphatic carboxylic acids is 1. The number of carbonyl (C=O) groups excluding carboxylic acids is 2. The lowest BCUT2D eigenvalue weighted by Gasteiger charge is -2.37. The lowest BCUT2D eigenvalue weighted by molar-refractivity contribution is -0.142. The fourth-order valence-corrected chi connectivity index (χ4v) is 3.80. The van der Waals surface area contributed by atoms with E-state index in [0.717, 1.165) is 19.3 Å². The molecule has 2 atom stereocenters. The number of likely N-dealkylation sites (tertiary alicyclic amines) is 2. The predicted molar refractivity (Wildman–Crippen MR) is 88.5 cm³/mol.